The van der Waals surface area contributed by atoms with E-state index in [4.69, 9.17) is 0 Å². The van der Waals surface area contributed by atoms with Gasteiger partial charge in [-0.25, -0.2) is 0 Å². The van der Waals surface area contributed by atoms with Crippen molar-refractivity contribution in [3.8, 4) is 0 Å². The predicted molar refractivity (Wildman–Crippen MR) is 96.7 cm³/mol. The van der Waals surface area contributed by atoms with Crippen LogP contribution >= 0.6 is 0 Å². The van der Waals surface area contributed by atoms with Crippen molar-refractivity contribution in [3.05, 3.63) is 77.5 Å². The molecular formula is C20H21N3O. The van der Waals surface area contributed by atoms with E-state index in [0.29, 0.717) is 12.1 Å². The molecule has 3 rings (SSSR count). The summed E-state index contributed by atoms with van der Waals surface area (Å²) in [4.78, 5) is 19.1. The van der Waals surface area contributed by atoms with Crippen LogP contribution in [0.15, 0.2) is 60.8 Å². The fourth-order valence-corrected chi connectivity index (χ4v) is 2.78. The molecule has 0 bridgehead atoms. The monoisotopic (exact) mass is 319 g/mol. The van der Waals surface area contributed by atoms with Gasteiger partial charge >= 0.3 is 0 Å². The fraction of sp³-hybridized carbons (Fsp3) is 0.200. The average molecular weight is 319 g/mol. The van der Waals surface area contributed by atoms with Crippen LogP contribution in [0.25, 0.3) is 10.9 Å². The second-order valence-corrected chi connectivity index (χ2v) is 6.07. The fourth-order valence-electron chi connectivity index (χ4n) is 2.78. The van der Waals surface area contributed by atoms with E-state index in [2.05, 4.69) is 27.3 Å². The predicted octanol–water partition coefficient (Wildman–Crippen LogP) is 3.23. The van der Waals surface area contributed by atoms with Gasteiger partial charge in [0, 0.05) is 24.7 Å². The lowest BCUT2D eigenvalue weighted by Crippen LogP contribution is -2.24. The molecule has 0 saturated heterocycles. The highest BCUT2D eigenvalue weighted by Gasteiger charge is 2.11. The largest absolute Gasteiger partial charge is 0.348 e. The molecule has 3 aromatic rings. The van der Waals surface area contributed by atoms with Gasteiger partial charge < -0.3 is 10.2 Å². The van der Waals surface area contributed by atoms with Crippen LogP contribution in [-0.4, -0.2) is 29.9 Å². The van der Waals surface area contributed by atoms with E-state index in [-0.39, 0.29) is 5.91 Å². The Hall–Kier alpha value is -2.72. The van der Waals surface area contributed by atoms with E-state index >= 15 is 0 Å². The number of nitrogens with zero attached hydrogens (tertiary/aromatic N) is 2. The zero-order chi connectivity index (χ0) is 16.9. The lowest BCUT2D eigenvalue weighted by molar-refractivity contribution is 0.0952. The van der Waals surface area contributed by atoms with Crippen molar-refractivity contribution >= 4 is 16.8 Å². The quantitative estimate of drug-likeness (QED) is 0.785. The standard InChI is InChI=1S/C20H21N3O/c1-23(2)14-17-8-4-3-7-16(17)13-22-20(24)18-11-5-9-15-10-6-12-21-19(15)18/h3-12H,13-14H2,1-2H3,(H,22,24). The minimum absolute atomic E-state index is 0.0982. The zero-order valence-electron chi connectivity index (χ0n) is 14.0. The zero-order valence-corrected chi connectivity index (χ0v) is 14.0. The summed E-state index contributed by atoms with van der Waals surface area (Å²) >= 11 is 0. The summed E-state index contributed by atoms with van der Waals surface area (Å²) in [6, 6.07) is 17.7. The van der Waals surface area contributed by atoms with Gasteiger partial charge in [-0.15, -0.1) is 0 Å². The van der Waals surface area contributed by atoms with Gasteiger partial charge in [0.15, 0.2) is 0 Å². The maximum atomic E-state index is 12.6. The Labute approximate surface area is 142 Å². The molecule has 24 heavy (non-hydrogen) atoms. The first kappa shape index (κ1) is 16.1. The summed E-state index contributed by atoms with van der Waals surface area (Å²) in [7, 11) is 4.08. The third kappa shape index (κ3) is 3.60. The Morgan fingerprint density at radius 2 is 1.75 bits per heavy atom. The van der Waals surface area contributed by atoms with E-state index in [1.807, 2.05) is 56.6 Å². The van der Waals surface area contributed by atoms with Crippen LogP contribution in [0.3, 0.4) is 0 Å². The molecule has 4 heteroatoms. The van der Waals surface area contributed by atoms with Crippen molar-refractivity contribution in [2.75, 3.05) is 14.1 Å². The molecule has 0 saturated carbocycles. The van der Waals surface area contributed by atoms with Crippen LogP contribution in [-0.2, 0) is 13.1 Å². The van der Waals surface area contributed by atoms with Crippen molar-refractivity contribution in [2.45, 2.75) is 13.1 Å². The SMILES string of the molecule is CN(C)Cc1ccccc1CNC(=O)c1cccc2cccnc12. The normalized spacial score (nSPS) is 11.0. The Balaban J connectivity index is 1.79. The molecule has 2 aromatic carbocycles. The molecule has 0 atom stereocenters. The van der Waals surface area contributed by atoms with Crippen molar-refractivity contribution in [1.29, 1.82) is 0 Å². The van der Waals surface area contributed by atoms with Gasteiger partial charge in [-0.05, 0) is 37.4 Å². The van der Waals surface area contributed by atoms with E-state index in [1.165, 1.54) is 5.56 Å². The minimum atomic E-state index is -0.0982. The van der Waals surface area contributed by atoms with Crippen LogP contribution in [0, 0.1) is 0 Å². The van der Waals surface area contributed by atoms with E-state index < -0.39 is 0 Å². The van der Waals surface area contributed by atoms with E-state index in [0.717, 1.165) is 23.0 Å². The summed E-state index contributed by atoms with van der Waals surface area (Å²) in [6.07, 6.45) is 1.71. The van der Waals surface area contributed by atoms with Crippen LogP contribution in [0.2, 0.25) is 0 Å². The average Bonchev–Trinajstić information content (AvgIpc) is 2.60. The Morgan fingerprint density at radius 1 is 1.00 bits per heavy atom. The van der Waals surface area contributed by atoms with Gasteiger partial charge in [0.05, 0.1) is 11.1 Å². The number of carbonyl (C=O) groups is 1. The molecule has 0 aliphatic carbocycles. The van der Waals surface area contributed by atoms with E-state index in [1.54, 1.807) is 6.20 Å². The molecule has 1 N–H and O–H groups in total. The van der Waals surface area contributed by atoms with Crippen molar-refractivity contribution in [2.24, 2.45) is 0 Å². The highest BCUT2D eigenvalue weighted by atomic mass is 16.1. The lowest BCUT2D eigenvalue weighted by atomic mass is 10.1. The molecular weight excluding hydrogens is 298 g/mol. The smallest absolute Gasteiger partial charge is 0.253 e. The van der Waals surface area contributed by atoms with Crippen molar-refractivity contribution < 1.29 is 4.79 Å². The second kappa shape index (κ2) is 7.23. The molecule has 1 aromatic heterocycles. The first-order valence-electron chi connectivity index (χ1n) is 7.98. The Kier molecular flexibility index (Phi) is 4.87. The van der Waals surface area contributed by atoms with Crippen LogP contribution in [0.5, 0.6) is 0 Å². The first-order chi connectivity index (χ1) is 11.6. The number of hydrogen-bond donors (Lipinski definition) is 1. The summed E-state index contributed by atoms with van der Waals surface area (Å²) in [6.45, 7) is 1.36. The topological polar surface area (TPSA) is 45.2 Å². The van der Waals surface area contributed by atoms with Gasteiger partial charge in [-0.3, -0.25) is 9.78 Å². The molecule has 0 spiro atoms. The number of pyridine rings is 1. The highest BCUT2D eigenvalue weighted by Crippen LogP contribution is 2.16. The first-order valence-corrected chi connectivity index (χ1v) is 7.98. The van der Waals surface area contributed by atoms with Crippen LogP contribution in [0.1, 0.15) is 21.5 Å². The van der Waals surface area contributed by atoms with Gasteiger partial charge in [0.25, 0.3) is 5.91 Å². The van der Waals surface area contributed by atoms with Gasteiger partial charge in [0.1, 0.15) is 0 Å². The summed E-state index contributed by atoms with van der Waals surface area (Å²) in [5.74, 6) is -0.0982. The van der Waals surface area contributed by atoms with Crippen LogP contribution in [0.4, 0.5) is 0 Å². The minimum Gasteiger partial charge on any atom is -0.348 e. The molecule has 0 aliphatic rings. The number of amides is 1. The molecule has 0 aliphatic heterocycles. The number of aromatic nitrogens is 1. The maximum Gasteiger partial charge on any atom is 0.253 e. The van der Waals surface area contributed by atoms with Gasteiger partial charge in [-0.2, -0.15) is 0 Å². The number of para-hydroxylation sites is 1. The third-order valence-electron chi connectivity index (χ3n) is 3.92. The Bertz CT molecular complexity index is 853. The molecule has 0 unspecified atom stereocenters. The third-order valence-corrected chi connectivity index (χ3v) is 3.92. The Morgan fingerprint density at radius 3 is 2.54 bits per heavy atom. The molecule has 0 radical (unpaired) electrons. The lowest BCUT2D eigenvalue weighted by Gasteiger charge is -2.15. The van der Waals surface area contributed by atoms with Crippen molar-refractivity contribution in [3.63, 3.8) is 0 Å². The second-order valence-electron chi connectivity index (χ2n) is 6.07. The van der Waals surface area contributed by atoms with Gasteiger partial charge in [0.2, 0.25) is 0 Å². The number of hydrogen-bond acceptors (Lipinski definition) is 3. The molecule has 1 amide bonds. The van der Waals surface area contributed by atoms with Crippen LogP contribution < -0.4 is 5.32 Å². The summed E-state index contributed by atoms with van der Waals surface area (Å²) < 4.78 is 0. The summed E-state index contributed by atoms with van der Waals surface area (Å²) in [5, 5.41) is 3.99. The number of fused-ring (bicyclic) bond motifs is 1. The number of rotatable bonds is 5. The molecule has 0 fully saturated rings. The van der Waals surface area contributed by atoms with Gasteiger partial charge in [-0.1, -0.05) is 42.5 Å². The van der Waals surface area contributed by atoms with E-state index in [9.17, 15) is 4.79 Å². The number of carbonyl (C=O) groups excluding carboxylic acids is 1. The maximum absolute atomic E-state index is 12.6. The van der Waals surface area contributed by atoms with Crippen molar-refractivity contribution in [1.82, 2.24) is 15.2 Å². The number of nitrogens with one attached hydrogen (secondary N) is 1. The number of benzene rings is 2. The summed E-state index contributed by atoms with van der Waals surface area (Å²) in [5.41, 5.74) is 3.70. The molecule has 1 heterocycles. The highest BCUT2D eigenvalue weighted by molar-refractivity contribution is 6.05. The molecule has 4 nitrogen and oxygen atoms in total. The molecule has 122 valence electrons.